The van der Waals surface area contributed by atoms with Gasteiger partial charge in [0.15, 0.2) is 5.58 Å². The van der Waals surface area contributed by atoms with Crippen molar-refractivity contribution >= 4 is 31.1 Å². The van der Waals surface area contributed by atoms with Crippen LogP contribution in [0.2, 0.25) is 0 Å². The molecule has 126 valence electrons. The largest absolute Gasteiger partial charge is 0.434 e. The number of aromatic nitrogens is 1. The highest BCUT2D eigenvalue weighted by Crippen LogP contribution is 2.22. The summed E-state index contributed by atoms with van der Waals surface area (Å²) in [4.78, 5) is 11.6. The van der Waals surface area contributed by atoms with E-state index >= 15 is 0 Å². The van der Waals surface area contributed by atoms with E-state index in [1.54, 1.807) is 19.1 Å². The van der Waals surface area contributed by atoms with Crippen molar-refractivity contribution in [2.75, 3.05) is 0 Å². The number of nitrogens with two attached hydrogens (primary N) is 1. The van der Waals surface area contributed by atoms with Crippen molar-refractivity contribution in [3.8, 4) is 0 Å². The third kappa shape index (κ3) is 2.64. The van der Waals surface area contributed by atoms with Gasteiger partial charge in [-0.1, -0.05) is 17.7 Å². The average Bonchev–Trinajstić information content (AvgIpc) is 2.82. The number of primary sulfonamides is 1. The van der Waals surface area contributed by atoms with Gasteiger partial charge in [-0.15, -0.1) is 0 Å². The second-order valence-electron chi connectivity index (χ2n) is 5.13. The van der Waals surface area contributed by atoms with Crippen molar-refractivity contribution < 1.29 is 21.3 Å². The number of oxazole rings is 1. The molecule has 2 N–H and O–H groups in total. The second kappa shape index (κ2) is 5.30. The first-order valence-corrected chi connectivity index (χ1v) is 9.60. The number of aryl methyl sites for hydroxylation is 1. The summed E-state index contributed by atoms with van der Waals surface area (Å²) < 4.78 is 53.4. The molecule has 0 aliphatic heterocycles. The van der Waals surface area contributed by atoms with Crippen LogP contribution in [0.15, 0.2) is 61.5 Å². The van der Waals surface area contributed by atoms with Gasteiger partial charge in [0.2, 0.25) is 10.0 Å². The van der Waals surface area contributed by atoms with Gasteiger partial charge in [0.05, 0.1) is 9.79 Å². The third-order valence-corrected chi connectivity index (χ3v) is 6.01. The number of hydrogen-bond donors (Lipinski definition) is 1. The van der Waals surface area contributed by atoms with E-state index in [0.29, 0.717) is 3.97 Å². The summed E-state index contributed by atoms with van der Waals surface area (Å²) >= 11 is 0. The standard InChI is InChI=1S/C14H12N2O6S2/c1-9-2-4-10(5-3-9)24(20,21)16-12-7-6-11(23(15,18)19)8-13(12)22-14(16)17/h2-8H,1H3,(H2,15,18,19). The van der Waals surface area contributed by atoms with Gasteiger partial charge in [0.1, 0.15) is 5.52 Å². The average molecular weight is 368 g/mol. The van der Waals surface area contributed by atoms with Crippen molar-refractivity contribution in [1.29, 1.82) is 0 Å². The van der Waals surface area contributed by atoms with Gasteiger partial charge in [-0.2, -0.15) is 3.97 Å². The number of hydrogen-bond acceptors (Lipinski definition) is 6. The maximum atomic E-state index is 12.7. The molecule has 0 saturated carbocycles. The molecule has 0 atom stereocenters. The minimum atomic E-state index is -4.19. The topological polar surface area (TPSA) is 129 Å². The molecular weight excluding hydrogens is 356 g/mol. The van der Waals surface area contributed by atoms with Crippen LogP contribution in [0.5, 0.6) is 0 Å². The van der Waals surface area contributed by atoms with Crippen molar-refractivity contribution in [1.82, 2.24) is 3.97 Å². The molecule has 1 aromatic heterocycles. The molecule has 0 radical (unpaired) electrons. The van der Waals surface area contributed by atoms with Crippen LogP contribution >= 0.6 is 0 Å². The SMILES string of the molecule is Cc1ccc(S(=O)(=O)n2c(=O)oc3cc(S(N)(=O)=O)ccc32)cc1. The molecule has 10 heteroatoms. The molecular formula is C14H12N2O6S2. The van der Waals surface area contributed by atoms with Crippen molar-refractivity contribution in [3.05, 3.63) is 58.6 Å². The molecule has 0 aliphatic rings. The fourth-order valence-corrected chi connectivity index (χ4v) is 4.06. The predicted molar refractivity (Wildman–Crippen MR) is 85.6 cm³/mol. The fourth-order valence-electron chi connectivity index (χ4n) is 2.20. The van der Waals surface area contributed by atoms with Crippen LogP contribution in [0, 0.1) is 6.92 Å². The van der Waals surface area contributed by atoms with Crippen LogP contribution in [0.25, 0.3) is 11.1 Å². The molecule has 1 heterocycles. The van der Waals surface area contributed by atoms with Crippen LogP contribution < -0.4 is 10.9 Å². The quantitative estimate of drug-likeness (QED) is 0.727. The van der Waals surface area contributed by atoms with Crippen molar-refractivity contribution in [2.45, 2.75) is 16.7 Å². The zero-order valence-electron chi connectivity index (χ0n) is 12.3. The van der Waals surface area contributed by atoms with Gasteiger partial charge < -0.3 is 4.42 Å². The minimum absolute atomic E-state index is 0.0759. The van der Waals surface area contributed by atoms with Gasteiger partial charge in [-0.05, 0) is 31.2 Å². The summed E-state index contributed by atoms with van der Waals surface area (Å²) in [5.41, 5.74) is 0.589. The van der Waals surface area contributed by atoms with E-state index < -0.39 is 25.8 Å². The second-order valence-corrected chi connectivity index (χ2v) is 8.47. The van der Waals surface area contributed by atoms with E-state index in [1.165, 1.54) is 12.1 Å². The van der Waals surface area contributed by atoms with Crippen LogP contribution in [0.1, 0.15) is 5.56 Å². The predicted octanol–water partition coefficient (Wildman–Crippen LogP) is 0.787. The molecule has 24 heavy (non-hydrogen) atoms. The van der Waals surface area contributed by atoms with Gasteiger partial charge in [0.25, 0.3) is 10.0 Å². The Balaban J connectivity index is 2.29. The Hall–Kier alpha value is -2.43. The van der Waals surface area contributed by atoms with Gasteiger partial charge in [0, 0.05) is 6.07 Å². The molecule has 0 fully saturated rings. The highest BCUT2D eigenvalue weighted by molar-refractivity contribution is 7.90. The summed E-state index contributed by atoms with van der Waals surface area (Å²) in [7, 11) is -8.20. The number of sulfonamides is 1. The molecule has 0 saturated heterocycles. The van der Waals surface area contributed by atoms with Gasteiger partial charge in [-0.25, -0.2) is 26.8 Å². The maximum Gasteiger partial charge on any atom is 0.434 e. The Bertz CT molecular complexity index is 1200. The first-order chi connectivity index (χ1) is 11.1. The summed E-state index contributed by atoms with van der Waals surface area (Å²) in [6.07, 6.45) is 0. The summed E-state index contributed by atoms with van der Waals surface area (Å²) in [6.45, 7) is 1.80. The Morgan fingerprint density at radius 1 is 0.958 bits per heavy atom. The van der Waals surface area contributed by atoms with Crippen molar-refractivity contribution in [3.63, 3.8) is 0 Å². The number of nitrogens with zero attached hydrogens (tertiary/aromatic N) is 1. The summed E-state index contributed by atoms with van der Waals surface area (Å²) in [6, 6.07) is 9.20. The lowest BCUT2D eigenvalue weighted by molar-refractivity contribution is 0.533. The van der Waals surface area contributed by atoms with Gasteiger partial charge >= 0.3 is 5.76 Å². The van der Waals surface area contributed by atoms with E-state index in [9.17, 15) is 21.6 Å². The van der Waals surface area contributed by atoms with E-state index in [0.717, 1.165) is 23.8 Å². The molecule has 0 bridgehead atoms. The maximum absolute atomic E-state index is 12.7. The Morgan fingerprint density at radius 2 is 1.54 bits per heavy atom. The normalized spacial score (nSPS) is 12.6. The molecule has 0 aliphatic carbocycles. The molecule has 3 aromatic rings. The summed E-state index contributed by atoms with van der Waals surface area (Å²) in [5, 5.41) is 5.01. The van der Waals surface area contributed by atoms with E-state index in [-0.39, 0.29) is 20.9 Å². The molecule has 3 rings (SSSR count). The zero-order valence-corrected chi connectivity index (χ0v) is 14.0. The molecule has 8 nitrogen and oxygen atoms in total. The molecule has 0 amide bonds. The number of fused-ring (bicyclic) bond motifs is 1. The smallest absolute Gasteiger partial charge is 0.407 e. The van der Waals surface area contributed by atoms with Gasteiger partial charge in [-0.3, -0.25) is 0 Å². The Kier molecular flexibility index (Phi) is 3.62. The van der Waals surface area contributed by atoms with E-state index in [1.807, 2.05) is 0 Å². The fraction of sp³-hybridized carbons (Fsp3) is 0.0714. The van der Waals surface area contributed by atoms with Crippen LogP contribution in [0.3, 0.4) is 0 Å². The van der Waals surface area contributed by atoms with Crippen molar-refractivity contribution in [2.24, 2.45) is 5.14 Å². The first kappa shape index (κ1) is 16.4. The number of rotatable bonds is 3. The van der Waals surface area contributed by atoms with E-state index in [2.05, 4.69) is 0 Å². The lowest BCUT2D eigenvalue weighted by Gasteiger charge is -2.05. The zero-order chi connectivity index (χ0) is 17.7. The van der Waals surface area contributed by atoms with E-state index in [4.69, 9.17) is 9.56 Å². The first-order valence-electron chi connectivity index (χ1n) is 6.61. The van der Waals surface area contributed by atoms with Crippen LogP contribution in [-0.2, 0) is 20.0 Å². The van der Waals surface area contributed by atoms with Crippen LogP contribution in [0.4, 0.5) is 0 Å². The lowest BCUT2D eigenvalue weighted by atomic mass is 10.2. The molecule has 2 aromatic carbocycles. The minimum Gasteiger partial charge on any atom is -0.407 e. The Labute approximate surface area is 137 Å². The molecule has 0 spiro atoms. The molecule has 0 unspecified atom stereocenters. The Morgan fingerprint density at radius 3 is 2.12 bits per heavy atom. The highest BCUT2D eigenvalue weighted by atomic mass is 32.2. The lowest BCUT2D eigenvalue weighted by Crippen LogP contribution is -2.23. The monoisotopic (exact) mass is 368 g/mol. The highest BCUT2D eigenvalue weighted by Gasteiger charge is 2.25. The number of benzene rings is 2. The van der Waals surface area contributed by atoms with Crippen LogP contribution in [-0.4, -0.2) is 20.8 Å². The summed E-state index contributed by atoms with van der Waals surface area (Å²) in [5.74, 6) is -1.14. The third-order valence-electron chi connectivity index (χ3n) is 3.40.